The number of nitriles is 1. The van der Waals surface area contributed by atoms with Gasteiger partial charge in [0.25, 0.3) is 0 Å². The van der Waals surface area contributed by atoms with Gasteiger partial charge in [0.2, 0.25) is 11.1 Å². The van der Waals surface area contributed by atoms with Crippen LogP contribution in [0, 0.1) is 18.3 Å². The normalized spacial score (nSPS) is 11.6. The number of nitrogens with zero attached hydrogens (tertiary/aromatic N) is 4. The highest BCUT2D eigenvalue weighted by atomic mass is 32.2. The number of anilines is 1. The van der Waals surface area contributed by atoms with E-state index in [4.69, 9.17) is 11.1 Å². The zero-order valence-electron chi connectivity index (χ0n) is 14.9. The van der Waals surface area contributed by atoms with Gasteiger partial charge < -0.3 is 11.2 Å². The summed E-state index contributed by atoms with van der Waals surface area (Å²) in [6.07, 6.45) is 0. The largest absolute Gasteiger partial charge is 0.335 e. The third-order valence-corrected chi connectivity index (χ3v) is 5.06. The molecule has 1 amide bonds. The number of nitrogens with two attached hydrogens (primary N) is 1. The van der Waals surface area contributed by atoms with Crippen molar-refractivity contribution in [3.05, 3.63) is 59.7 Å². The maximum atomic E-state index is 12.5. The van der Waals surface area contributed by atoms with E-state index in [9.17, 15) is 4.79 Å². The minimum absolute atomic E-state index is 0.247. The van der Waals surface area contributed by atoms with E-state index >= 15 is 0 Å². The maximum absolute atomic E-state index is 12.5. The molecule has 0 aliphatic rings. The van der Waals surface area contributed by atoms with Crippen LogP contribution >= 0.6 is 11.8 Å². The fourth-order valence-electron chi connectivity index (χ4n) is 2.50. The molecule has 0 fully saturated rings. The van der Waals surface area contributed by atoms with Gasteiger partial charge in [0, 0.05) is 5.56 Å². The van der Waals surface area contributed by atoms with Crippen molar-refractivity contribution < 1.29 is 4.79 Å². The Labute approximate surface area is 161 Å². The quantitative estimate of drug-likeness (QED) is 0.522. The van der Waals surface area contributed by atoms with E-state index in [2.05, 4.69) is 21.6 Å². The Hall–Kier alpha value is -3.31. The lowest BCUT2D eigenvalue weighted by Gasteiger charge is -2.12. The van der Waals surface area contributed by atoms with Gasteiger partial charge in [-0.1, -0.05) is 48.2 Å². The van der Waals surface area contributed by atoms with E-state index in [1.165, 1.54) is 16.4 Å². The van der Waals surface area contributed by atoms with Crippen LogP contribution in [0.2, 0.25) is 0 Å². The first-order valence-electron chi connectivity index (χ1n) is 8.24. The molecule has 0 spiro atoms. The molecule has 0 aliphatic heterocycles. The van der Waals surface area contributed by atoms with Crippen LogP contribution in [-0.4, -0.2) is 26.0 Å². The molecule has 2 aromatic carbocycles. The Kier molecular flexibility index (Phi) is 5.43. The molecular weight excluding hydrogens is 360 g/mol. The second kappa shape index (κ2) is 7.93. The summed E-state index contributed by atoms with van der Waals surface area (Å²) in [7, 11) is 0. The molecule has 3 N–H and O–H groups in total. The predicted molar refractivity (Wildman–Crippen MR) is 105 cm³/mol. The van der Waals surface area contributed by atoms with Crippen molar-refractivity contribution in [2.75, 3.05) is 11.2 Å². The molecule has 8 heteroatoms. The summed E-state index contributed by atoms with van der Waals surface area (Å²) in [4.78, 5) is 12.5. The lowest BCUT2D eigenvalue weighted by Crippen LogP contribution is -2.24. The number of hydrogen-bond acceptors (Lipinski definition) is 6. The number of rotatable bonds is 5. The highest BCUT2D eigenvalue weighted by Gasteiger charge is 2.21. The number of carbonyl (C=O) groups excluding carboxylic acids is 1. The van der Waals surface area contributed by atoms with Crippen LogP contribution < -0.4 is 11.2 Å². The Morgan fingerprint density at radius 3 is 2.67 bits per heavy atom. The molecular formula is C19H18N6OS. The van der Waals surface area contributed by atoms with Gasteiger partial charge in [0.1, 0.15) is 6.07 Å². The standard InChI is InChI=1S/C19H18N6OS/c1-12-7-3-5-9-15(12)17-23-24-19(25(17)21)27-13(2)18(26)22-16-10-6-4-8-14(16)11-20/h3-10,13H,21H2,1-2H3,(H,22,26)/t13-/m0/s1. The molecule has 0 radical (unpaired) electrons. The summed E-state index contributed by atoms with van der Waals surface area (Å²) in [5.74, 6) is 6.44. The molecule has 0 saturated heterocycles. The minimum atomic E-state index is -0.479. The van der Waals surface area contributed by atoms with E-state index in [0.29, 0.717) is 22.2 Å². The van der Waals surface area contributed by atoms with Crippen LogP contribution in [0.1, 0.15) is 18.1 Å². The zero-order valence-corrected chi connectivity index (χ0v) is 15.7. The fraction of sp³-hybridized carbons (Fsp3) is 0.158. The van der Waals surface area contributed by atoms with Crippen LogP contribution in [0.5, 0.6) is 0 Å². The average molecular weight is 378 g/mol. The fourth-order valence-corrected chi connectivity index (χ4v) is 3.27. The Morgan fingerprint density at radius 2 is 1.93 bits per heavy atom. The third kappa shape index (κ3) is 3.93. The summed E-state index contributed by atoms with van der Waals surface area (Å²) >= 11 is 1.20. The van der Waals surface area contributed by atoms with Gasteiger partial charge in [0.15, 0.2) is 5.82 Å². The monoisotopic (exact) mass is 378 g/mol. The van der Waals surface area contributed by atoms with Crippen LogP contribution in [-0.2, 0) is 4.79 Å². The molecule has 0 bridgehead atoms. The Balaban J connectivity index is 1.75. The van der Waals surface area contributed by atoms with Crippen molar-refractivity contribution in [1.29, 1.82) is 5.26 Å². The number of hydrogen-bond donors (Lipinski definition) is 2. The first kappa shape index (κ1) is 18.5. The van der Waals surface area contributed by atoms with Crippen LogP contribution in [0.15, 0.2) is 53.7 Å². The summed E-state index contributed by atoms with van der Waals surface area (Å²) in [5, 5.41) is 20.1. The number of amides is 1. The van der Waals surface area contributed by atoms with Crippen molar-refractivity contribution >= 4 is 23.4 Å². The highest BCUT2D eigenvalue weighted by molar-refractivity contribution is 8.00. The molecule has 7 nitrogen and oxygen atoms in total. The van der Waals surface area contributed by atoms with Crippen LogP contribution in [0.25, 0.3) is 11.4 Å². The van der Waals surface area contributed by atoms with Crippen molar-refractivity contribution in [1.82, 2.24) is 14.9 Å². The molecule has 3 aromatic rings. The van der Waals surface area contributed by atoms with Gasteiger partial charge in [-0.05, 0) is 31.5 Å². The summed E-state index contributed by atoms with van der Waals surface area (Å²) < 4.78 is 1.39. The number of nitrogen functional groups attached to an aromatic ring is 1. The van der Waals surface area contributed by atoms with Gasteiger partial charge in [-0.15, -0.1) is 10.2 Å². The van der Waals surface area contributed by atoms with E-state index in [1.807, 2.05) is 31.2 Å². The van der Waals surface area contributed by atoms with E-state index < -0.39 is 5.25 Å². The molecule has 3 rings (SSSR count). The number of carbonyl (C=O) groups is 1. The molecule has 1 atom stereocenters. The third-order valence-electron chi connectivity index (χ3n) is 4.01. The summed E-state index contributed by atoms with van der Waals surface area (Å²) in [5.41, 5.74) is 2.81. The maximum Gasteiger partial charge on any atom is 0.237 e. The van der Waals surface area contributed by atoms with Crippen molar-refractivity contribution in [2.24, 2.45) is 0 Å². The summed E-state index contributed by atoms with van der Waals surface area (Å²) in [6.45, 7) is 3.72. The molecule has 0 saturated carbocycles. The van der Waals surface area contributed by atoms with Crippen molar-refractivity contribution in [3.8, 4) is 17.5 Å². The number of para-hydroxylation sites is 1. The second-order valence-electron chi connectivity index (χ2n) is 5.90. The number of nitrogens with one attached hydrogen (secondary N) is 1. The number of benzene rings is 2. The lowest BCUT2D eigenvalue weighted by atomic mass is 10.1. The first-order chi connectivity index (χ1) is 13.0. The first-order valence-corrected chi connectivity index (χ1v) is 9.12. The van der Waals surface area contributed by atoms with E-state index in [0.717, 1.165) is 11.1 Å². The molecule has 0 aliphatic carbocycles. The van der Waals surface area contributed by atoms with E-state index in [1.54, 1.807) is 31.2 Å². The highest BCUT2D eigenvalue weighted by Crippen LogP contribution is 2.27. The molecule has 0 unspecified atom stereocenters. The second-order valence-corrected chi connectivity index (χ2v) is 7.21. The molecule has 27 heavy (non-hydrogen) atoms. The van der Waals surface area contributed by atoms with Gasteiger partial charge in [-0.3, -0.25) is 4.79 Å². The van der Waals surface area contributed by atoms with Gasteiger partial charge in [-0.25, -0.2) is 4.68 Å². The lowest BCUT2D eigenvalue weighted by molar-refractivity contribution is -0.115. The molecule has 1 heterocycles. The Bertz CT molecular complexity index is 1020. The van der Waals surface area contributed by atoms with Gasteiger partial charge in [0.05, 0.1) is 16.5 Å². The topological polar surface area (TPSA) is 110 Å². The van der Waals surface area contributed by atoms with Crippen LogP contribution in [0.3, 0.4) is 0 Å². The number of aryl methyl sites for hydroxylation is 1. The predicted octanol–water partition coefficient (Wildman–Crippen LogP) is 2.96. The average Bonchev–Trinajstić information content (AvgIpc) is 3.03. The van der Waals surface area contributed by atoms with Gasteiger partial charge >= 0.3 is 0 Å². The number of aromatic nitrogens is 3. The van der Waals surface area contributed by atoms with Crippen LogP contribution in [0.4, 0.5) is 5.69 Å². The molecule has 1 aromatic heterocycles. The summed E-state index contributed by atoms with van der Waals surface area (Å²) in [6, 6.07) is 16.7. The van der Waals surface area contributed by atoms with Crippen molar-refractivity contribution in [2.45, 2.75) is 24.3 Å². The zero-order chi connectivity index (χ0) is 19.4. The number of thioether (sulfide) groups is 1. The van der Waals surface area contributed by atoms with Gasteiger partial charge in [-0.2, -0.15) is 5.26 Å². The Morgan fingerprint density at radius 1 is 1.22 bits per heavy atom. The molecule has 136 valence electrons. The van der Waals surface area contributed by atoms with E-state index in [-0.39, 0.29) is 5.91 Å². The SMILES string of the molecule is Cc1ccccc1-c1nnc(S[C@@H](C)C(=O)Nc2ccccc2C#N)n1N. The van der Waals surface area contributed by atoms with Crippen molar-refractivity contribution in [3.63, 3.8) is 0 Å². The smallest absolute Gasteiger partial charge is 0.237 e. The minimum Gasteiger partial charge on any atom is -0.335 e.